The van der Waals surface area contributed by atoms with Crippen LogP contribution in [0.1, 0.15) is 34.6 Å². The number of benzene rings is 1. The van der Waals surface area contributed by atoms with Crippen LogP contribution in [0.2, 0.25) is 0 Å². The molecule has 2 aliphatic rings. The first-order valence-electron chi connectivity index (χ1n) is 8.30. The molecule has 2 N–H and O–H groups in total. The van der Waals surface area contributed by atoms with Crippen LogP contribution in [0, 0.1) is 0 Å². The second-order valence-electron chi connectivity index (χ2n) is 6.57. The van der Waals surface area contributed by atoms with Gasteiger partial charge in [0.05, 0.1) is 0 Å². The van der Waals surface area contributed by atoms with E-state index in [-0.39, 0.29) is 17.9 Å². The molecule has 2 amide bonds. The van der Waals surface area contributed by atoms with Crippen LogP contribution in [0.4, 0.5) is 0 Å². The molecule has 0 saturated carbocycles. The summed E-state index contributed by atoms with van der Waals surface area (Å²) in [6.45, 7) is 4.72. The lowest BCUT2D eigenvalue weighted by atomic mass is 10.1. The van der Waals surface area contributed by atoms with E-state index in [1.165, 1.54) is 0 Å². The van der Waals surface area contributed by atoms with Gasteiger partial charge in [-0.05, 0) is 67.5 Å². The van der Waals surface area contributed by atoms with Crippen LogP contribution in [-0.4, -0.2) is 27.9 Å². The molecule has 0 radical (unpaired) electrons. The molecule has 7 heteroatoms. The predicted molar refractivity (Wildman–Crippen MR) is 107 cm³/mol. The molecule has 26 heavy (non-hydrogen) atoms. The Morgan fingerprint density at radius 1 is 1.19 bits per heavy atom. The van der Waals surface area contributed by atoms with Gasteiger partial charge in [-0.2, -0.15) is 0 Å². The van der Waals surface area contributed by atoms with Crippen molar-refractivity contribution in [3.05, 3.63) is 52.0 Å². The van der Waals surface area contributed by atoms with Gasteiger partial charge in [0.2, 0.25) is 0 Å². The number of amides is 2. The topological polar surface area (TPSA) is 61.4 Å². The predicted octanol–water partition coefficient (Wildman–Crippen LogP) is 3.12. The first-order chi connectivity index (χ1) is 12.4. The van der Waals surface area contributed by atoms with E-state index in [2.05, 4.69) is 16.7 Å². The molecule has 1 fully saturated rings. The Kier molecular flexibility index (Phi) is 4.13. The van der Waals surface area contributed by atoms with Gasteiger partial charge in [-0.1, -0.05) is 6.07 Å². The molecular weight excluding hydrogens is 366 g/mol. The molecule has 0 unspecified atom stereocenters. The summed E-state index contributed by atoms with van der Waals surface area (Å²) in [5.74, 6) is -0.109. The lowest BCUT2D eigenvalue weighted by Gasteiger charge is -2.19. The average molecular weight is 383 g/mol. The maximum atomic E-state index is 12.4. The van der Waals surface area contributed by atoms with E-state index < -0.39 is 0 Å². The Labute approximate surface area is 160 Å². The summed E-state index contributed by atoms with van der Waals surface area (Å²) in [6, 6.07) is 10.2. The molecular formula is C19H17N3O2S2. The van der Waals surface area contributed by atoms with E-state index in [0.29, 0.717) is 17.4 Å². The SMILES string of the molecule is CC(C)N1Cc2cc(-c3ccc(/C=C4/NC(=S)NC4=O)s3)ccc2C1=O. The molecule has 0 bridgehead atoms. The Morgan fingerprint density at radius 3 is 2.69 bits per heavy atom. The van der Waals surface area contributed by atoms with Gasteiger partial charge in [0.25, 0.3) is 11.8 Å². The minimum Gasteiger partial charge on any atom is -0.332 e. The van der Waals surface area contributed by atoms with Gasteiger partial charge < -0.3 is 10.2 Å². The molecule has 5 nitrogen and oxygen atoms in total. The van der Waals surface area contributed by atoms with Crippen molar-refractivity contribution in [2.75, 3.05) is 0 Å². The van der Waals surface area contributed by atoms with Gasteiger partial charge in [-0.3, -0.25) is 14.9 Å². The Bertz CT molecular complexity index is 975. The third-order valence-electron chi connectivity index (χ3n) is 4.48. The minimum absolute atomic E-state index is 0.104. The van der Waals surface area contributed by atoms with E-state index in [1.54, 1.807) is 17.4 Å². The maximum absolute atomic E-state index is 12.4. The zero-order valence-corrected chi connectivity index (χ0v) is 16.0. The fourth-order valence-electron chi connectivity index (χ4n) is 3.12. The Hall–Kier alpha value is -2.51. The smallest absolute Gasteiger partial charge is 0.273 e. The van der Waals surface area contributed by atoms with Crippen LogP contribution in [0.25, 0.3) is 16.5 Å². The molecule has 4 rings (SSSR count). The van der Waals surface area contributed by atoms with Crippen LogP contribution in [-0.2, 0) is 11.3 Å². The number of nitrogens with zero attached hydrogens (tertiary/aromatic N) is 1. The lowest BCUT2D eigenvalue weighted by Crippen LogP contribution is -2.30. The second-order valence-corrected chi connectivity index (χ2v) is 8.09. The largest absolute Gasteiger partial charge is 0.332 e. The van der Waals surface area contributed by atoms with Crippen LogP contribution < -0.4 is 10.6 Å². The molecule has 132 valence electrons. The normalized spacial score (nSPS) is 17.9. The highest BCUT2D eigenvalue weighted by Gasteiger charge is 2.29. The summed E-state index contributed by atoms with van der Waals surface area (Å²) in [5.41, 5.74) is 3.39. The summed E-state index contributed by atoms with van der Waals surface area (Å²) in [7, 11) is 0. The molecule has 0 aliphatic carbocycles. The van der Waals surface area contributed by atoms with E-state index in [4.69, 9.17) is 12.2 Å². The molecule has 0 atom stereocenters. The second kappa shape index (κ2) is 6.34. The molecule has 1 saturated heterocycles. The standard InChI is InChI=1S/C19H17N3O2S2/c1-10(2)22-9-12-7-11(3-5-14(12)18(22)24)16-6-4-13(26-16)8-15-17(23)21-19(25)20-15/h3-8,10H,9H2,1-2H3,(H2,20,21,23,25)/b15-8+. The van der Waals surface area contributed by atoms with Gasteiger partial charge in [-0.25, -0.2) is 0 Å². The van der Waals surface area contributed by atoms with Crippen LogP contribution >= 0.6 is 23.6 Å². The molecule has 1 aromatic carbocycles. The van der Waals surface area contributed by atoms with Crippen molar-refractivity contribution in [1.29, 1.82) is 0 Å². The summed E-state index contributed by atoms with van der Waals surface area (Å²) >= 11 is 6.53. The highest BCUT2D eigenvalue weighted by atomic mass is 32.1. The van der Waals surface area contributed by atoms with Crippen molar-refractivity contribution in [3.63, 3.8) is 0 Å². The average Bonchev–Trinajstić information content (AvgIpc) is 3.26. The van der Waals surface area contributed by atoms with Crippen molar-refractivity contribution >= 4 is 46.6 Å². The van der Waals surface area contributed by atoms with Gasteiger partial charge in [0.1, 0.15) is 5.70 Å². The fraction of sp³-hybridized carbons (Fsp3) is 0.211. The number of thiophene rings is 1. The quantitative estimate of drug-likeness (QED) is 0.632. The first-order valence-corrected chi connectivity index (χ1v) is 9.53. The summed E-state index contributed by atoms with van der Waals surface area (Å²) in [6.07, 6.45) is 1.79. The van der Waals surface area contributed by atoms with Crippen LogP contribution in [0.3, 0.4) is 0 Å². The zero-order chi connectivity index (χ0) is 18.4. The Morgan fingerprint density at radius 2 is 2.00 bits per heavy atom. The fourth-order valence-corrected chi connectivity index (χ4v) is 4.27. The molecule has 2 aromatic rings. The van der Waals surface area contributed by atoms with Crippen molar-refractivity contribution < 1.29 is 9.59 Å². The van der Waals surface area contributed by atoms with Crippen molar-refractivity contribution in [3.8, 4) is 10.4 Å². The number of nitrogens with one attached hydrogen (secondary N) is 2. The van der Waals surface area contributed by atoms with Crippen LogP contribution in [0.15, 0.2) is 36.0 Å². The molecule has 1 aromatic heterocycles. The van der Waals surface area contributed by atoms with E-state index in [0.717, 1.165) is 26.4 Å². The number of carbonyl (C=O) groups excluding carboxylic acids is 2. The van der Waals surface area contributed by atoms with Gasteiger partial charge >= 0.3 is 0 Å². The van der Waals surface area contributed by atoms with Crippen molar-refractivity contribution in [2.24, 2.45) is 0 Å². The number of thiocarbonyl (C=S) groups is 1. The van der Waals surface area contributed by atoms with E-state index in [1.807, 2.05) is 43.0 Å². The first kappa shape index (κ1) is 16.9. The van der Waals surface area contributed by atoms with E-state index in [9.17, 15) is 9.59 Å². The van der Waals surface area contributed by atoms with E-state index >= 15 is 0 Å². The summed E-state index contributed by atoms with van der Waals surface area (Å²) < 4.78 is 0. The molecule has 3 heterocycles. The third kappa shape index (κ3) is 2.93. The summed E-state index contributed by atoms with van der Waals surface area (Å²) in [4.78, 5) is 28.1. The molecule has 0 spiro atoms. The van der Waals surface area contributed by atoms with Gasteiger partial charge in [0.15, 0.2) is 5.11 Å². The van der Waals surface area contributed by atoms with Gasteiger partial charge in [0, 0.05) is 27.9 Å². The van der Waals surface area contributed by atoms with Crippen LogP contribution in [0.5, 0.6) is 0 Å². The molecule has 2 aliphatic heterocycles. The van der Waals surface area contributed by atoms with Crippen molar-refractivity contribution in [2.45, 2.75) is 26.4 Å². The minimum atomic E-state index is -0.213. The monoisotopic (exact) mass is 383 g/mol. The highest BCUT2D eigenvalue weighted by molar-refractivity contribution is 7.80. The number of fused-ring (bicyclic) bond motifs is 1. The summed E-state index contributed by atoms with van der Waals surface area (Å²) in [5, 5.41) is 5.73. The zero-order valence-electron chi connectivity index (χ0n) is 14.3. The highest BCUT2D eigenvalue weighted by Crippen LogP contribution is 2.33. The third-order valence-corrected chi connectivity index (χ3v) is 5.76. The maximum Gasteiger partial charge on any atom is 0.273 e. The number of carbonyl (C=O) groups is 2. The van der Waals surface area contributed by atoms with Gasteiger partial charge in [-0.15, -0.1) is 11.3 Å². The number of hydrogen-bond acceptors (Lipinski definition) is 4. The van der Waals surface area contributed by atoms with Crippen molar-refractivity contribution in [1.82, 2.24) is 15.5 Å². The number of rotatable bonds is 3. The Balaban J connectivity index is 1.61. The number of hydrogen-bond donors (Lipinski definition) is 2. The lowest BCUT2D eigenvalue weighted by molar-refractivity contribution is -0.115.